The summed E-state index contributed by atoms with van der Waals surface area (Å²) in [6.45, 7) is 0.766. The fourth-order valence-corrected chi connectivity index (χ4v) is 3.33. The average molecular weight is 310 g/mol. The zero-order valence-corrected chi connectivity index (χ0v) is 12.6. The fourth-order valence-electron chi connectivity index (χ4n) is 2.07. The molecule has 1 saturated carbocycles. The third-order valence-electron chi connectivity index (χ3n) is 3.49. The van der Waals surface area contributed by atoms with Crippen LogP contribution >= 0.6 is 0 Å². The molecule has 0 unspecified atom stereocenters. The van der Waals surface area contributed by atoms with Crippen LogP contribution in [0.4, 0.5) is 0 Å². The fraction of sp³-hybridized carbons (Fsp3) is 0.462. The standard InChI is InChI=1S/C13H18N4O3S/c1-17(8-10-4-5-20-9-10)21(18,19)13-11(7-15-16-13)6-14-12-2-3-12/h4-5,7,9,12,14H,2-3,6,8H2,1H3,(H,15,16). The minimum absolute atomic E-state index is 0.154. The highest BCUT2D eigenvalue weighted by atomic mass is 32.2. The van der Waals surface area contributed by atoms with Crippen molar-refractivity contribution in [3.05, 3.63) is 35.9 Å². The molecule has 0 atom stereocenters. The molecule has 0 spiro atoms. The molecule has 2 aromatic heterocycles. The highest BCUT2D eigenvalue weighted by Gasteiger charge is 2.27. The quantitative estimate of drug-likeness (QED) is 0.798. The van der Waals surface area contributed by atoms with Gasteiger partial charge in [-0.15, -0.1) is 0 Å². The predicted octanol–water partition coefficient (Wildman–Crippen LogP) is 1.08. The molecule has 3 rings (SSSR count). The maximum absolute atomic E-state index is 12.6. The Balaban J connectivity index is 1.75. The average Bonchev–Trinajstić information content (AvgIpc) is 2.93. The van der Waals surface area contributed by atoms with Crippen LogP contribution in [0.25, 0.3) is 0 Å². The van der Waals surface area contributed by atoms with E-state index in [9.17, 15) is 8.42 Å². The molecule has 2 heterocycles. The van der Waals surface area contributed by atoms with Gasteiger partial charge in [0.25, 0.3) is 10.0 Å². The van der Waals surface area contributed by atoms with E-state index in [1.54, 1.807) is 19.3 Å². The van der Waals surface area contributed by atoms with E-state index in [1.807, 2.05) is 0 Å². The molecule has 0 saturated heterocycles. The van der Waals surface area contributed by atoms with Crippen LogP contribution in [0.3, 0.4) is 0 Å². The van der Waals surface area contributed by atoms with Crippen LogP contribution < -0.4 is 5.32 Å². The number of sulfonamides is 1. The summed E-state index contributed by atoms with van der Waals surface area (Å²) in [7, 11) is -2.05. The summed E-state index contributed by atoms with van der Waals surface area (Å²) in [5, 5.41) is 9.94. The van der Waals surface area contributed by atoms with Crippen molar-refractivity contribution in [3.63, 3.8) is 0 Å². The molecule has 7 nitrogen and oxygen atoms in total. The van der Waals surface area contributed by atoms with E-state index in [4.69, 9.17) is 4.42 Å². The summed E-state index contributed by atoms with van der Waals surface area (Å²) in [4.78, 5) is 0. The SMILES string of the molecule is CN(Cc1ccoc1)S(=O)(=O)c1[nH]ncc1CNC1CC1. The number of hydrogen-bond donors (Lipinski definition) is 2. The Hall–Kier alpha value is -1.64. The van der Waals surface area contributed by atoms with Crippen molar-refractivity contribution in [2.45, 2.75) is 37.0 Å². The van der Waals surface area contributed by atoms with E-state index in [0.717, 1.165) is 18.4 Å². The smallest absolute Gasteiger partial charge is 0.260 e. The molecule has 21 heavy (non-hydrogen) atoms. The molecule has 1 aliphatic carbocycles. The topological polar surface area (TPSA) is 91.2 Å². The van der Waals surface area contributed by atoms with Crippen molar-refractivity contribution in [2.75, 3.05) is 7.05 Å². The number of aromatic amines is 1. The molecule has 0 aliphatic heterocycles. The summed E-state index contributed by atoms with van der Waals surface area (Å²) < 4.78 is 31.4. The zero-order chi connectivity index (χ0) is 14.9. The van der Waals surface area contributed by atoms with Gasteiger partial charge in [-0.2, -0.15) is 9.40 Å². The molecule has 8 heteroatoms. The molecule has 2 aromatic rings. The third kappa shape index (κ3) is 3.17. The van der Waals surface area contributed by atoms with Crippen LogP contribution in [0.5, 0.6) is 0 Å². The highest BCUT2D eigenvalue weighted by molar-refractivity contribution is 7.89. The van der Waals surface area contributed by atoms with Crippen LogP contribution in [0.1, 0.15) is 24.0 Å². The Labute approximate surface area is 123 Å². The summed E-state index contributed by atoms with van der Waals surface area (Å²) >= 11 is 0. The lowest BCUT2D eigenvalue weighted by Gasteiger charge is -2.16. The molecule has 0 bridgehead atoms. The molecule has 0 radical (unpaired) electrons. The summed E-state index contributed by atoms with van der Waals surface area (Å²) in [5.41, 5.74) is 1.47. The van der Waals surface area contributed by atoms with Gasteiger partial charge in [-0.3, -0.25) is 5.10 Å². The monoisotopic (exact) mass is 310 g/mol. The lowest BCUT2D eigenvalue weighted by atomic mass is 10.3. The molecular weight excluding hydrogens is 292 g/mol. The van der Waals surface area contributed by atoms with Gasteiger partial charge >= 0.3 is 0 Å². The van der Waals surface area contributed by atoms with Crippen LogP contribution in [-0.2, 0) is 23.1 Å². The van der Waals surface area contributed by atoms with Crippen LogP contribution in [0, 0.1) is 0 Å². The van der Waals surface area contributed by atoms with Crippen LogP contribution in [0.2, 0.25) is 0 Å². The highest BCUT2D eigenvalue weighted by Crippen LogP contribution is 2.22. The number of rotatable bonds is 7. The van der Waals surface area contributed by atoms with Crippen molar-refractivity contribution < 1.29 is 12.8 Å². The van der Waals surface area contributed by atoms with Crippen molar-refractivity contribution in [2.24, 2.45) is 0 Å². The van der Waals surface area contributed by atoms with Crippen molar-refractivity contribution in [3.8, 4) is 0 Å². The first kappa shape index (κ1) is 14.3. The van der Waals surface area contributed by atoms with Gasteiger partial charge < -0.3 is 9.73 Å². The van der Waals surface area contributed by atoms with Gasteiger partial charge in [-0.1, -0.05) is 0 Å². The van der Waals surface area contributed by atoms with E-state index in [2.05, 4.69) is 15.5 Å². The largest absolute Gasteiger partial charge is 0.472 e. The minimum atomic E-state index is -3.60. The van der Waals surface area contributed by atoms with Crippen LogP contribution in [0.15, 0.2) is 34.2 Å². The number of nitrogens with one attached hydrogen (secondary N) is 2. The second-order valence-corrected chi connectivity index (χ2v) is 7.25. The van der Waals surface area contributed by atoms with E-state index < -0.39 is 10.0 Å². The van der Waals surface area contributed by atoms with Gasteiger partial charge in [0.15, 0.2) is 5.03 Å². The second-order valence-electron chi connectivity index (χ2n) is 5.27. The van der Waals surface area contributed by atoms with Crippen LogP contribution in [-0.4, -0.2) is 36.0 Å². The first-order chi connectivity index (χ1) is 10.1. The van der Waals surface area contributed by atoms with Crippen molar-refractivity contribution in [1.29, 1.82) is 0 Å². The molecule has 1 fully saturated rings. The summed E-state index contributed by atoms with van der Waals surface area (Å²) in [6.07, 6.45) is 6.93. The van der Waals surface area contributed by atoms with Gasteiger partial charge in [-0.05, 0) is 18.9 Å². The Morgan fingerprint density at radius 2 is 2.33 bits per heavy atom. The summed E-state index contributed by atoms with van der Waals surface area (Å²) in [6, 6.07) is 2.26. The lowest BCUT2D eigenvalue weighted by molar-refractivity contribution is 0.459. The first-order valence-corrected chi connectivity index (χ1v) is 8.24. The maximum Gasteiger partial charge on any atom is 0.260 e. The minimum Gasteiger partial charge on any atom is -0.472 e. The van der Waals surface area contributed by atoms with E-state index >= 15 is 0 Å². The third-order valence-corrected chi connectivity index (χ3v) is 5.31. The number of H-pyrrole nitrogens is 1. The predicted molar refractivity (Wildman–Crippen MR) is 75.8 cm³/mol. The molecule has 2 N–H and O–H groups in total. The van der Waals surface area contributed by atoms with Gasteiger partial charge in [0.2, 0.25) is 0 Å². The lowest BCUT2D eigenvalue weighted by Crippen LogP contribution is -2.28. The van der Waals surface area contributed by atoms with Gasteiger partial charge in [0, 0.05) is 37.3 Å². The second kappa shape index (κ2) is 5.63. The molecule has 0 amide bonds. The Kier molecular flexibility index (Phi) is 3.83. The Morgan fingerprint density at radius 1 is 1.52 bits per heavy atom. The number of nitrogens with zero attached hydrogens (tertiary/aromatic N) is 2. The van der Waals surface area contributed by atoms with Gasteiger partial charge in [-0.25, -0.2) is 8.42 Å². The molecular formula is C13H18N4O3S. The van der Waals surface area contributed by atoms with Gasteiger partial charge in [0.05, 0.1) is 18.7 Å². The van der Waals surface area contributed by atoms with Crippen molar-refractivity contribution >= 4 is 10.0 Å². The number of furan rings is 1. The Bertz CT molecular complexity index is 689. The van der Waals surface area contributed by atoms with E-state index in [0.29, 0.717) is 18.2 Å². The van der Waals surface area contributed by atoms with Gasteiger partial charge in [0.1, 0.15) is 0 Å². The zero-order valence-electron chi connectivity index (χ0n) is 11.7. The summed E-state index contributed by atoms with van der Waals surface area (Å²) in [5.74, 6) is 0. The molecule has 114 valence electrons. The Morgan fingerprint density at radius 3 is 3.00 bits per heavy atom. The normalized spacial score (nSPS) is 15.7. The first-order valence-electron chi connectivity index (χ1n) is 6.80. The van der Waals surface area contributed by atoms with Crippen molar-refractivity contribution in [1.82, 2.24) is 19.8 Å². The van der Waals surface area contributed by atoms with E-state index in [1.165, 1.54) is 16.8 Å². The number of hydrogen-bond acceptors (Lipinski definition) is 5. The number of aromatic nitrogens is 2. The molecule has 0 aromatic carbocycles. The molecule has 1 aliphatic rings. The maximum atomic E-state index is 12.6. The van der Waals surface area contributed by atoms with E-state index in [-0.39, 0.29) is 11.6 Å².